The van der Waals surface area contributed by atoms with Gasteiger partial charge in [0.2, 0.25) is 0 Å². The van der Waals surface area contributed by atoms with Crippen LogP contribution in [0.4, 0.5) is 5.82 Å². The van der Waals surface area contributed by atoms with Gasteiger partial charge in [0.1, 0.15) is 17.2 Å². The number of aromatic nitrogens is 3. The number of aromatic amines is 1. The van der Waals surface area contributed by atoms with Gasteiger partial charge in [-0.3, -0.25) is 4.79 Å². The molecule has 0 saturated heterocycles. The number of anilines is 1. The minimum atomic E-state index is -0.212. The van der Waals surface area contributed by atoms with Crippen LogP contribution in [0, 0.1) is 17.2 Å². The van der Waals surface area contributed by atoms with Gasteiger partial charge in [-0.1, -0.05) is 6.92 Å². The topological polar surface area (TPSA) is 94.5 Å². The molecule has 21 heavy (non-hydrogen) atoms. The Morgan fingerprint density at radius 1 is 1.48 bits per heavy atom. The van der Waals surface area contributed by atoms with Crippen LogP contribution in [0.5, 0.6) is 0 Å². The molecule has 2 aromatic rings. The van der Waals surface area contributed by atoms with Crippen molar-refractivity contribution in [3.8, 4) is 6.07 Å². The molecule has 1 aliphatic rings. The van der Waals surface area contributed by atoms with Crippen molar-refractivity contribution in [1.82, 2.24) is 15.0 Å². The lowest BCUT2D eigenvalue weighted by atomic mass is 10.1. The molecule has 2 aromatic heterocycles. The number of hydrogen-bond acceptors (Lipinski definition) is 5. The molecule has 6 nitrogen and oxygen atoms in total. The van der Waals surface area contributed by atoms with E-state index in [9.17, 15) is 10.1 Å². The molecule has 108 valence electrons. The van der Waals surface area contributed by atoms with Crippen LogP contribution in [0.3, 0.4) is 0 Å². The van der Waals surface area contributed by atoms with Crippen LogP contribution in [0.2, 0.25) is 0 Å². The van der Waals surface area contributed by atoms with Crippen LogP contribution in [0.15, 0.2) is 17.1 Å². The number of nitriles is 1. The Balaban J connectivity index is 2.07. The van der Waals surface area contributed by atoms with Crippen molar-refractivity contribution < 1.29 is 0 Å². The van der Waals surface area contributed by atoms with Crippen LogP contribution in [0.1, 0.15) is 32.0 Å². The fourth-order valence-electron chi connectivity index (χ4n) is 2.85. The van der Waals surface area contributed by atoms with Gasteiger partial charge in [0.15, 0.2) is 0 Å². The standard InChI is InChI=1S/C15H17N5O/c1-2-12-19-13-10(6-7-17-15(13)21)14(20-12)18-11-5-3-4-9(11)8-16/h6-7,9,11H,2-5H2,1H3,(H,17,21)(H,18,19,20). The highest BCUT2D eigenvalue weighted by atomic mass is 16.1. The summed E-state index contributed by atoms with van der Waals surface area (Å²) in [6.45, 7) is 1.95. The number of rotatable bonds is 3. The first-order valence-corrected chi connectivity index (χ1v) is 7.27. The molecule has 0 aliphatic heterocycles. The molecule has 0 aromatic carbocycles. The molecule has 2 heterocycles. The SMILES string of the molecule is CCc1nc(NC2CCCC2C#N)c2cc[nH]c(=O)c2n1. The molecule has 2 unspecified atom stereocenters. The molecule has 0 amide bonds. The molecular weight excluding hydrogens is 266 g/mol. The fraction of sp³-hybridized carbons (Fsp3) is 0.467. The fourth-order valence-corrected chi connectivity index (χ4v) is 2.85. The minimum absolute atomic E-state index is 0.00193. The Hall–Kier alpha value is -2.42. The van der Waals surface area contributed by atoms with E-state index in [1.807, 2.05) is 6.92 Å². The van der Waals surface area contributed by atoms with Crippen molar-refractivity contribution in [3.63, 3.8) is 0 Å². The van der Waals surface area contributed by atoms with E-state index in [1.165, 1.54) is 0 Å². The quantitative estimate of drug-likeness (QED) is 0.898. The van der Waals surface area contributed by atoms with E-state index in [1.54, 1.807) is 12.3 Å². The number of H-pyrrole nitrogens is 1. The van der Waals surface area contributed by atoms with Gasteiger partial charge >= 0.3 is 0 Å². The molecule has 0 bridgehead atoms. The van der Waals surface area contributed by atoms with Gasteiger partial charge < -0.3 is 10.3 Å². The number of nitrogens with zero attached hydrogens (tertiary/aromatic N) is 3. The molecule has 0 spiro atoms. The molecule has 1 fully saturated rings. The maximum atomic E-state index is 11.9. The van der Waals surface area contributed by atoms with Crippen molar-refractivity contribution in [2.75, 3.05) is 5.32 Å². The highest BCUT2D eigenvalue weighted by Crippen LogP contribution is 2.29. The molecule has 3 rings (SSSR count). The summed E-state index contributed by atoms with van der Waals surface area (Å²) in [5, 5.41) is 13.3. The lowest BCUT2D eigenvalue weighted by molar-refractivity contribution is 0.627. The van der Waals surface area contributed by atoms with E-state index in [4.69, 9.17) is 0 Å². The zero-order valence-electron chi connectivity index (χ0n) is 11.9. The monoisotopic (exact) mass is 283 g/mol. The van der Waals surface area contributed by atoms with Crippen molar-refractivity contribution in [1.29, 1.82) is 5.26 Å². The summed E-state index contributed by atoms with van der Waals surface area (Å²) in [7, 11) is 0. The first-order chi connectivity index (χ1) is 10.2. The van der Waals surface area contributed by atoms with Gasteiger partial charge in [0, 0.05) is 24.0 Å². The normalized spacial score (nSPS) is 21.3. The molecule has 1 aliphatic carbocycles. The maximum Gasteiger partial charge on any atom is 0.274 e. The smallest absolute Gasteiger partial charge is 0.274 e. The molecule has 6 heteroatoms. The lowest BCUT2D eigenvalue weighted by Crippen LogP contribution is -2.24. The highest BCUT2D eigenvalue weighted by Gasteiger charge is 2.28. The van der Waals surface area contributed by atoms with Crippen molar-refractivity contribution in [2.45, 2.75) is 38.6 Å². The Labute approximate surface area is 122 Å². The first-order valence-electron chi connectivity index (χ1n) is 7.27. The summed E-state index contributed by atoms with van der Waals surface area (Å²) >= 11 is 0. The highest BCUT2D eigenvalue weighted by molar-refractivity contribution is 5.88. The number of pyridine rings is 1. The van der Waals surface area contributed by atoms with Gasteiger partial charge in [-0.05, 0) is 25.3 Å². The van der Waals surface area contributed by atoms with Crippen molar-refractivity contribution >= 4 is 16.7 Å². The largest absolute Gasteiger partial charge is 0.365 e. The summed E-state index contributed by atoms with van der Waals surface area (Å²) in [5.74, 6) is 1.30. The second-order valence-electron chi connectivity index (χ2n) is 5.33. The predicted molar refractivity (Wildman–Crippen MR) is 79.9 cm³/mol. The van der Waals surface area contributed by atoms with Crippen LogP contribution in [-0.4, -0.2) is 21.0 Å². The summed E-state index contributed by atoms with van der Waals surface area (Å²) in [5.41, 5.74) is 0.189. The maximum absolute atomic E-state index is 11.9. The van der Waals surface area contributed by atoms with E-state index >= 15 is 0 Å². The van der Waals surface area contributed by atoms with Gasteiger partial charge in [0.05, 0.1) is 12.0 Å². The third kappa shape index (κ3) is 2.47. The number of nitrogens with one attached hydrogen (secondary N) is 2. The third-order valence-corrected chi connectivity index (χ3v) is 3.99. The summed E-state index contributed by atoms with van der Waals surface area (Å²) in [4.78, 5) is 23.4. The van der Waals surface area contributed by atoms with Crippen LogP contribution < -0.4 is 10.9 Å². The zero-order chi connectivity index (χ0) is 14.8. The predicted octanol–water partition coefficient (Wildman–Crippen LogP) is 1.98. The van der Waals surface area contributed by atoms with Crippen molar-refractivity contribution in [3.05, 3.63) is 28.4 Å². The molecule has 2 N–H and O–H groups in total. The van der Waals surface area contributed by atoms with Crippen molar-refractivity contribution in [2.24, 2.45) is 5.92 Å². The van der Waals surface area contributed by atoms with Gasteiger partial charge in [-0.15, -0.1) is 0 Å². The van der Waals surface area contributed by atoms with Crippen LogP contribution in [0.25, 0.3) is 10.9 Å². The average molecular weight is 283 g/mol. The van der Waals surface area contributed by atoms with E-state index in [2.05, 4.69) is 26.3 Å². The average Bonchev–Trinajstić information content (AvgIpc) is 2.95. The van der Waals surface area contributed by atoms with Crippen LogP contribution in [-0.2, 0) is 6.42 Å². The number of aryl methyl sites for hydroxylation is 1. The lowest BCUT2D eigenvalue weighted by Gasteiger charge is -2.17. The Morgan fingerprint density at radius 3 is 3.10 bits per heavy atom. The summed E-state index contributed by atoms with van der Waals surface area (Å²) in [6.07, 6.45) is 5.17. The van der Waals surface area contributed by atoms with E-state index in [-0.39, 0.29) is 17.5 Å². The van der Waals surface area contributed by atoms with Gasteiger partial charge in [-0.25, -0.2) is 9.97 Å². The summed E-state index contributed by atoms with van der Waals surface area (Å²) < 4.78 is 0. The Morgan fingerprint density at radius 2 is 2.33 bits per heavy atom. The van der Waals surface area contributed by atoms with Crippen LogP contribution >= 0.6 is 0 Å². The molecule has 0 radical (unpaired) electrons. The second kappa shape index (κ2) is 5.52. The van der Waals surface area contributed by atoms with E-state index in [0.29, 0.717) is 29.0 Å². The molecule has 1 saturated carbocycles. The molecule has 2 atom stereocenters. The first kappa shape index (κ1) is 13.6. The van der Waals surface area contributed by atoms with Gasteiger partial charge in [0.25, 0.3) is 5.56 Å². The summed E-state index contributed by atoms with van der Waals surface area (Å²) in [6, 6.07) is 4.24. The second-order valence-corrected chi connectivity index (χ2v) is 5.33. The van der Waals surface area contributed by atoms with Gasteiger partial charge in [-0.2, -0.15) is 5.26 Å². The Bertz CT molecular complexity index is 761. The number of hydrogen-bond donors (Lipinski definition) is 2. The number of fused-ring (bicyclic) bond motifs is 1. The molecular formula is C15H17N5O. The zero-order valence-corrected chi connectivity index (χ0v) is 11.9. The third-order valence-electron chi connectivity index (χ3n) is 3.99. The Kier molecular flexibility index (Phi) is 3.57. The van der Waals surface area contributed by atoms with E-state index in [0.717, 1.165) is 19.3 Å². The van der Waals surface area contributed by atoms with E-state index < -0.39 is 0 Å². The minimum Gasteiger partial charge on any atom is -0.365 e.